The second-order valence-corrected chi connectivity index (χ2v) is 8.19. The molecule has 2 heterocycles. The van der Waals surface area contributed by atoms with Crippen molar-refractivity contribution in [1.82, 2.24) is 14.3 Å². The minimum atomic E-state index is -0.484. The van der Waals surface area contributed by atoms with Gasteiger partial charge in [-0.2, -0.15) is 4.37 Å². The molecule has 0 spiro atoms. The number of aromatic nitrogens is 2. The number of carbonyl (C=O) groups is 2. The molecule has 1 aliphatic rings. The van der Waals surface area contributed by atoms with Crippen LogP contribution >= 0.6 is 11.5 Å². The molecule has 0 saturated heterocycles. The molecule has 0 radical (unpaired) electrons. The van der Waals surface area contributed by atoms with Gasteiger partial charge in [-0.3, -0.25) is 14.9 Å². The van der Waals surface area contributed by atoms with Crippen molar-refractivity contribution in [3.8, 4) is 23.0 Å². The van der Waals surface area contributed by atoms with E-state index in [0.29, 0.717) is 39.5 Å². The number of nitrogens with zero attached hydrogens (tertiary/aromatic N) is 3. The van der Waals surface area contributed by atoms with Crippen LogP contribution in [0, 0.1) is 6.92 Å². The maximum absolute atomic E-state index is 12.8. The zero-order chi connectivity index (χ0) is 23.5. The number of hydrogen-bond acceptors (Lipinski definition) is 9. The number of hydrogen-bond donors (Lipinski definition) is 2. The standard InChI is InChI=1S/C22H22N4O6S/c1-12(10-27)31-16-6-14(20(28)24-22-23-13(2)25-33-22)7-17(8-16)32-15-4-5-18-19(9-15)30-11-26(3)21(18)29/h4-9,12,27H,10-11H2,1-3H3,(H,23,24,25,28)/t12-/m0/s1. The van der Waals surface area contributed by atoms with Gasteiger partial charge >= 0.3 is 0 Å². The van der Waals surface area contributed by atoms with Crippen LogP contribution in [0.3, 0.4) is 0 Å². The SMILES string of the molecule is Cc1nsc(NC(=O)c2cc(Oc3ccc4c(c3)OCN(C)C4=O)cc(O[C@@H](C)CO)c2)n1. The molecule has 4 rings (SSSR count). The molecule has 11 heteroatoms. The van der Waals surface area contributed by atoms with Crippen LogP contribution in [-0.4, -0.2) is 57.7 Å². The summed E-state index contributed by atoms with van der Waals surface area (Å²) >= 11 is 1.08. The first-order valence-electron chi connectivity index (χ1n) is 10.1. The van der Waals surface area contributed by atoms with Crippen LogP contribution in [0.15, 0.2) is 36.4 Å². The number of nitrogens with one attached hydrogen (secondary N) is 1. The molecule has 0 unspecified atom stereocenters. The molecule has 3 aromatic rings. The van der Waals surface area contributed by atoms with E-state index < -0.39 is 12.0 Å². The summed E-state index contributed by atoms with van der Waals surface area (Å²) in [4.78, 5) is 30.7. The van der Waals surface area contributed by atoms with Crippen molar-refractivity contribution < 1.29 is 28.9 Å². The predicted molar refractivity (Wildman–Crippen MR) is 120 cm³/mol. The summed E-state index contributed by atoms with van der Waals surface area (Å²) in [5.74, 6) is 1.52. The number of aryl methyl sites for hydroxylation is 1. The maximum Gasteiger partial charge on any atom is 0.259 e. The molecular weight excluding hydrogens is 448 g/mol. The minimum absolute atomic E-state index is 0.137. The molecular formula is C22H22N4O6S. The first kappa shape index (κ1) is 22.5. The lowest BCUT2D eigenvalue weighted by atomic mass is 10.1. The van der Waals surface area contributed by atoms with Gasteiger partial charge in [0.25, 0.3) is 11.8 Å². The third-order valence-corrected chi connectivity index (χ3v) is 5.39. The van der Waals surface area contributed by atoms with Gasteiger partial charge in [0.2, 0.25) is 5.13 Å². The van der Waals surface area contributed by atoms with Crippen molar-refractivity contribution in [2.45, 2.75) is 20.0 Å². The number of carbonyl (C=O) groups excluding carboxylic acids is 2. The zero-order valence-electron chi connectivity index (χ0n) is 18.2. The van der Waals surface area contributed by atoms with Gasteiger partial charge in [0, 0.05) is 36.3 Å². The van der Waals surface area contributed by atoms with Crippen LogP contribution in [0.25, 0.3) is 0 Å². The van der Waals surface area contributed by atoms with E-state index in [-0.39, 0.29) is 24.8 Å². The number of amides is 2. The second kappa shape index (κ2) is 9.43. The highest BCUT2D eigenvalue weighted by Crippen LogP contribution is 2.33. The third kappa shape index (κ3) is 5.21. The lowest BCUT2D eigenvalue weighted by molar-refractivity contribution is 0.0595. The van der Waals surface area contributed by atoms with Gasteiger partial charge in [0.15, 0.2) is 6.73 Å². The quantitative estimate of drug-likeness (QED) is 0.540. The van der Waals surface area contributed by atoms with Crippen LogP contribution in [0.1, 0.15) is 33.5 Å². The summed E-state index contributed by atoms with van der Waals surface area (Å²) in [5.41, 5.74) is 0.712. The predicted octanol–water partition coefficient (Wildman–Crippen LogP) is 3.07. The molecule has 10 nitrogen and oxygen atoms in total. The first-order valence-corrected chi connectivity index (χ1v) is 10.8. The third-order valence-electron chi connectivity index (χ3n) is 4.66. The Morgan fingerprint density at radius 2 is 2.06 bits per heavy atom. The van der Waals surface area contributed by atoms with Crippen molar-refractivity contribution in [3.05, 3.63) is 53.3 Å². The Bertz CT molecular complexity index is 1200. The molecule has 1 aromatic heterocycles. The van der Waals surface area contributed by atoms with E-state index >= 15 is 0 Å². The number of aliphatic hydroxyl groups is 1. The van der Waals surface area contributed by atoms with E-state index in [1.807, 2.05) is 0 Å². The topological polar surface area (TPSA) is 123 Å². The van der Waals surface area contributed by atoms with Crippen molar-refractivity contribution in [1.29, 1.82) is 0 Å². The molecule has 172 valence electrons. The Balaban J connectivity index is 1.61. The molecule has 0 saturated carbocycles. The summed E-state index contributed by atoms with van der Waals surface area (Å²) in [6, 6.07) is 9.60. The smallest absolute Gasteiger partial charge is 0.259 e. The first-order chi connectivity index (χ1) is 15.8. The summed E-state index contributed by atoms with van der Waals surface area (Å²) in [6.07, 6.45) is -0.484. The lowest BCUT2D eigenvalue weighted by Gasteiger charge is -2.25. The summed E-state index contributed by atoms with van der Waals surface area (Å²) in [5, 5.41) is 12.4. The molecule has 0 bridgehead atoms. The fourth-order valence-corrected chi connectivity index (χ4v) is 3.62. The molecule has 1 aliphatic heterocycles. The van der Waals surface area contributed by atoms with Gasteiger partial charge < -0.3 is 24.2 Å². The van der Waals surface area contributed by atoms with Crippen molar-refractivity contribution in [3.63, 3.8) is 0 Å². The van der Waals surface area contributed by atoms with Gasteiger partial charge in [-0.05, 0) is 38.1 Å². The number of fused-ring (bicyclic) bond motifs is 1. The largest absolute Gasteiger partial charge is 0.488 e. The van der Waals surface area contributed by atoms with E-state index in [1.54, 1.807) is 57.3 Å². The van der Waals surface area contributed by atoms with Crippen LogP contribution in [-0.2, 0) is 0 Å². The van der Waals surface area contributed by atoms with E-state index in [9.17, 15) is 14.7 Å². The van der Waals surface area contributed by atoms with E-state index in [4.69, 9.17) is 14.2 Å². The van der Waals surface area contributed by atoms with Crippen molar-refractivity contribution >= 4 is 28.5 Å². The molecule has 2 aromatic carbocycles. The number of rotatable bonds is 7. The Morgan fingerprint density at radius 1 is 1.27 bits per heavy atom. The second-order valence-electron chi connectivity index (χ2n) is 7.44. The highest BCUT2D eigenvalue weighted by atomic mass is 32.1. The Hall–Kier alpha value is -3.70. The Labute approximate surface area is 193 Å². The van der Waals surface area contributed by atoms with Gasteiger partial charge in [0.1, 0.15) is 34.9 Å². The molecule has 0 aliphatic carbocycles. The van der Waals surface area contributed by atoms with Gasteiger partial charge in [0.05, 0.1) is 12.2 Å². The molecule has 2 N–H and O–H groups in total. The number of ether oxygens (including phenoxy) is 3. The normalized spacial score (nSPS) is 13.7. The van der Waals surface area contributed by atoms with Crippen LogP contribution in [0.2, 0.25) is 0 Å². The monoisotopic (exact) mass is 470 g/mol. The van der Waals surface area contributed by atoms with Crippen LogP contribution in [0.4, 0.5) is 5.13 Å². The summed E-state index contributed by atoms with van der Waals surface area (Å²) in [7, 11) is 1.66. The number of benzene rings is 2. The molecule has 2 amide bonds. The van der Waals surface area contributed by atoms with Gasteiger partial charge in [-0.25, -0.2) is 4.98 Å². The van der Waals surface area contributed by atoms with Crippen LogP contribution in [0.5, 0.6) is 23.0 Å². The fraction of sp³-hybridized carbons (Fsp3) is 0.273. The molecule has 1 atom stereocenters. The van der Waals surface area contributed by atoms with Gasteiger partial charge in [-0.15, -0.1) is 0 Å². The van der Waals surface area contributed by atoms with Crippen molar-refractivity contribution in [2.75, 3.05) is 25.7 Å². The van der Waals surface area contributed by atoms with E-state index in [1.165, 1.54) is 4.90 Å². The minimum Gasteiger partial charge on any atom is -0.488 e. The average molecular weight is 471 g/mol. The summed E-state index contributed by atoms with van der Waals surface area (Å²) < 4.78 is 21.3. The average Bonchev–Trinajstić information content (AvgIpc) is 3.20. The Kier molecular flexibility index (Phi) is 6.43. The fourth-order valence-electron chi connectivity index (χ4n) is 3.05. The lowest BCUT2D eigenvalue weighted by Crippen LogP contribution is -2.35. The highest BCUT2D eigenvalue weighted by molar-refractivity contribution is 7.09. The summed E-state index contributed by atoms with van der Waals surface area (Å²) in [6.45, 7) is 3.39. The Morgan fingerprint density at radius 3 is 2.79 bits per heavy atom. The van der Waals surface area contributed by atoms with Crippen LogP contribution < -0.4 is 19.5 Å². The highest BCUT2D eigenvalue weighted by Gasteiger charge is 2.23. The molecule has 33 heavy (non-hydrogen) atoms. The molecule has 0 fully saturated rings. The number of anilines is 1. The van der Waals surface area contributed by atoms with Crippen molar-refractivity contribution in [2.24, 2.45) is 0 Å². The maximum atomic E-state index is 12.8. The van der Waals surface area contributed by atoms with E-state index in [2.05, 4.69) is 14.7 Å². The number of aliphatic hydroxyl groups excluding tert-OH is 1. The van der Waals surface area contributed by atoms with E-state index in [0.717, 1.165) is 11.5 Å². The zero-order valence-corrected chi connectivity index (χ0v) is 19.0. The van der Waals surface area contributed by atoms with Gasteiger partial charge in [-0.1, -0.05) is 0 Å².